The molecule has 1 amide bonds. The summed E-state index contributed by atoms with van der Waals surface area (Å²) < 4.78 is 37.7. The largest absolute Gasteiger partial charge is 0.416 e. The molecule has 1 aromatic rings. The molecule has 140 valence electrons. The highest BCUT2D eigenvalue weighted by Gasteiger charge is 2.30. The minimum absolute atomic E-state index is 0.0189. The average molecular weight is 356 g/mol. The molecule has 0 spiro atoms. The van der Waals surface area contributed by atoms with Gasteiger partial charge in [0.15, 0.2) is 0 Å². The summed E-state index contributed by atoms with van der Waals surface area (Å²) in [4.78, 5) is 12.2. The second-order valence-corrected chi connectivity index (χ2v) is 7.14. The summed E-state index contributed by atoms with van der Waals surface area (Å²) in [5.74, 6) is 0.947. The van der Waals surface area contributed by atoms with Crippen molar-refractivity contribution in [3.63, 3.8) is 0 Å². The Kier molecular flexibility index (Phi) is 6.87. The Labute approximate surface area is 147 Å². The van der Waals surface area contributed by atoms with E-state index in [1.54, 1.807) is 0 Å². The summed E-state index contributed by atoms with van der Waals surface area (Å²) in [5.41, 5.74) is 0.135. The second-order valence-electron chi connectivity index (χ2n) is 7.14. The highest BCUT2D eigenvalue weighted by Crippen LogP contribution is 2.29. The lowest BCUT2D eigenvalue weighted by Gasteiger charge is -2.28. The summed E-state index contributed by atoms with van der Waals surface area (Å²) in [6.45, 7) is 6.03. The molecule has 1 aromatic carbocycles. The van der Waals surface area contributed by atoms with E-state index < -0.39 is 11.7 Å². The third-order valence-corrected chi connectivity index (χ3v) is 4.93. The third kappa shape index (κ3) is 6.34. The van der Waals surface area contributed by atoms with Gasteiger partial charge in [-0.05, 0) is 68.8 Å². The van der Waals surface area contributed by atoms with Crippen molar-refractivity contribution >= 4 is 5.91 Å². The van der Waals surface area contributed by atoms with Gasteiger partial charge in [0.2, 0.25) is 5.91 Å². The molecule has 1 aliphatic rings. The Morgan fingerprint density at radius 2 is 1.80 bits per heavy atom. The van der Waals surface area contributed by atoms with Gasteiger partial charge in [-0.3, -0.25) is 4.79 Å². The quantitative estimate of drug-likeness (QED) is 0.814. The molecule has 25 heavy (non-hydrogen) atoms. The van der Waals surface area contributed by atoms with Crippen molar-refractivity contribution in [3.05, 3.63) is 35.4 Å². The number of carbonyl (C=O) groups is 1. The van der Waals surface area contributed by atoms with Crippen molar-refractivity contribution < 1.29 is 18.0 Å². The van der Waals surface area contributed by atoms with E-state index in [0.29, 0.717) is 24.7 Å². The van der Waals surface area contributed by atoms with Gasteiger partial charge in [0.1, 0.15) is 0 Å². The summed E-state index contributed by atoms with van der Waals surface area (Å²) in [5, 5.41) is 6.29. The number of carbonyl (C=O) groups excluding carboxylic acids is 1. The van der Waals surface area contributed by atoms with Crippen LogP contribution >= 0.6 is 0 Å². The number of benzene rings is 1. The summed E-state index contributed by atoms with van der Waals surface area (Å²) in [7, 11) is 0. The molecule has 2 N–H and O–H groups in total. The molecule has 0 bridgehead atoms. The minimum Gasteiger partial charge on any atom is -0.353 e. The van der Waals surface area contributed by atoms with Gasteiger partial charge in [-0.2, -0.15) is 13.2 Å². The molecule has 2 unspecified atom stereocenters. The van der Waals surface area contributed by atoms with Crippen LogP contribution in [-0.2, 0) is 17.4 Å². The monoisotopic (exact) mass is 356 g/mol. The van der Waals surface area contributed by atoms with Gasteiger partial charge in [-0.15, -0.1) is 0 Å². The van der Waals surface area contributed by atoms with Gasteiger partial charge in [0, 0.05) is 12.5 Å². The van der Waals surface area contributed by atoms with Crippen LogP contribution in [0, 0.1) is 11.8 Å². The minimum atomic E-state index is -4.32. The second kappa shape index (κ2) is 8.70. The van der Waals surface area contributed by atoms with E-state index in [4.69, 9.17) is 0 Å². The third-order valence-electron chi connectivity index (χ3n) is 4.93. The van der Waals surface area contributed by atoms with Crippen molar-refractivity contribution in [2.24, 2.45) is 11.8 Å². The normalized spacial score (nSPS) is 18.6. The number of rotatable bonds is 6. The maximum Gasteiger partial charge on any atom is 0.416 e. The smallest absolute Gasteiger partial charge is 0.353 e. The van der Waals surface area contributed by atoms with Crippen LogP contribution < -0.4 is 10.6 Å². The van der Waals surface area contributed by atoms with Crippen LogP contribution in [-0.4, -0.2) is 25.0 Å². The molecule has 1 heterocycles. The van der Waals surface area contributed by atoms with Crippen molar-refractivity contribution in [2.45, 2.75) is 51.7 Å². The Hall–Kier alpha value is -1.56. The van der Waals surface area contributed by atoms with Gasteiger partial charge in [-0.25, -0.2) is 0 Å². The maximum atomic E-state index is 12.6. The average Bonchev–Trinajstić information content (AvgIpc) is 2.55. The first-order valence-electron chi connectivity index (χ1n) is 8.92. The van der Waals surface area contributed by atoms with Crippen LogP contribution in [0.3, 0.4) is 0 Å². The molecule has 0 aliphatic carbocycles. The molecule has 2 atom stereocenters. The molecule has 3 nitrogen and oxygen atoms in total. The number of piperidine rings is 1. The van der Waals surface area contributed by atoms with E-state index in [2.05, 4.69) is 17.6 Å². The molecule has 6 heteroatoms. The number of hydrogen-bond acceptors (Lipinski definition) is 2. The topological polar surface area (TPSA) is 41.1 Å². The molecule has 2 rings (SSSR count). The van der Waals surface area contributed by atoms with Gasteiger partial charge in [0.25, 0.3) is 0 Å². The molecule has 1 saturated heterocycles. The molecule has 1 aliphatic heterocycles. The lowest BCUT2D eigenvalue weighted by Crippen LogP contribution is -2.37. The standard InChI is InChI=1S/C19H27F3N2O/c1-13(16-7-9-23-10-8-16)11-18(25)24-14(2)12-15-3-5-17(6-4-15)19(20,21)22/h3-6,13-14,16,23H,7-12H2,1-2H3,(H,24,25). The molecular weight excluding hydrogens is 329 g/mol. The van der Waals surface area contributed by atoms with E-state index >= 15 is 0 Å². The highest BCUT2D eigenvalue weighted by molar-refractivity contribution is 5.76. The first kappa shape index (κ1) is 19.8. The molecule has 0 radical (unpaired) electrons. The lowest BCUT2D eigenvalue weighted by atomic mass is 9.84. The van der Waals surface area contributed by atoms with E-state index in [1.807, 2.05) is 6.92 Å². The number of hydrogen-bond donors (Lipinski definition) is 2. The van der Waals surface area contributed by atoms with E-state index in [0.717, 1.165) is 43.6 Å². The zero-order valence-corrected chi connectivity index (χ0v) is 14.8. The maximum absolute atomic E-state index is 12.6. The fourth-order valence-corrected chi connectivity index (χ4v) is 3.44. The van der Waals surface area contributed by atoms with E-state index in [1.165, 1.54) is 12.1 Å². The summed E-state index contributed by atoms with van der Waals surface area (Å²) in [6, 6.07) is 5.02. The number of alkyl halides is 3. The van der Waals surface area contributed by atoms with Crippen LogP contribution in [0.1, 0.15) is 44.2 Å². The van der Waals surface area contributed by atoms with Gasteiger partial charge in [0.05, 0.1) is 5.56 Å². The first-order chi connectivity index (χ1) is 11.8. The number of halogens is 3. The van der Waals surface area contributed by atoms with Crippen LogP contribution in [0.2, 0.25) is 0 Å². The predicted octanol–water partition coefficient (Wildman–Crippen LogP) is 3.78. The van der Waals surface area contributed by atoms with Crippen LogP contribution in [0.25, 0.3) is 0 Å². The van der Waals surface area contributed by atoms with Gasteiger partial charge < -0.3 is 10.6 Å². The van der Waals surface area contributed by atoms with Crippen molar-refractivity contribution in [1.29, 1.82) is 0 Å². The molecule has 0 aromatic heterocycles. The summed E-state index contributed by atoms with van der Waals surface area (Å²) >= 11 is 0. The fraction of sp³-hybridized carbons (Fsp3) is 0.632. The molecular formula is C19H27F3N2O. The zero-order chi connectivity index (χ0) is 18.4. The van der Waals surface area contributed by atoms with Crippen molar-refractivity contribution in [3.8, 4) is 0 Å². The fourth-order valence-electron chi connectivity index (χ4n) is 3.44. The Balaban J connectivity index is 1.78. The Morgan fingerprint density at radius 1 is 1.20 bits per heavy atom. The molecule has 0 saturated carbocycles. The van der Waals surface area contributed by atoms with E-state index in [9.17, 15) is 18.0 Å². The Morgan fingerprint density at radius 3 is 2.36 bits per heavy atom. The SMILES string of the molecule is CC(Cc1ccc(C(F)(F)F)cc1)NC(=O)CC(C)C1CCNCC1. The summed E-state index contributed by atoms with van der Waals surface area (Å²) in [6.07, 6.45) is -1.08. The van der Waals surface area contributed by atoms with Crippen LogP contribution in [0.5, 0.6) is 0 Å². The van der Waals surface area contributed by atoms with Gasteiger partial charge in [-0.1, -0.05) is 19.1 Å². The zero-order valence-electron chi connectivity index (χ0n) is 14.8. The number of nitrogens with one attached hydrogen (secondary N) is 2. The van der Waals surface area contributed by atoms with Crippen molar-refractivity contribution in [2.75, 3.05) is 13.1 Å². The van der Waals surface area contributed by atoms with E-state index in [-0.39, 0.29) is 11.9 Å². The number of amides is 1. The predicted molar refractivity (Wildman–Crippen MR) is 92.1 cm³/mol. The van der Waals surface area contributed by atoms with Crippen LogP contribution in [0.4, 0.5) is 13.2 Å². The lowest BCUT2D eigenvalue weighted by molar-refractivity contribution is -0.137. The van der Waals surface area contributed by atoms with Gasteiger partial charge >= 0.3 is 6.18 Å². The first-order valence-corrected chi connectivity index (χ1v) is 8.92. The highest BCUT2D eigenvalue weighted by atomic mass is 19.4. The Bertz CT molecular complexity index is 551. The van der Waals surface area contributed by atoms with Crippen molar-refractivity contribution in [1.82, 2.24) is 10.6 Å². The molecule has 1 fully saturated rings. The van der Waals surface area contributed by atoms with Crippen LogP contribution in [0.15, 0.2) is 24.3 Å².